The van der Waals surface area contributed by atoms with Crippen molar-refractivity contribution in [1.82, 2.24) is 9.78 Å². The fraction of sp³-hybridized carbons (Fsp3) is 0.350. The second-order valence-corrected chi connectivity index (χ2v) is 10.0. The van der Waals surface area contributed by atoms with Gasteiger partial charge in [-0.3, -0.25) is 4.68 Å². The van der Waals surface area contributed by atoms with Crippen LogP contribution in [0.1, 0.15) is 27.9 Å². The van der Waals surface area contributed by atoms with Gasteiger partial charge in [-0.05, 0) is 53.8 Å². The van der Waals surface area contributed by atoms with Crippen LogP contribution in [0.2, 0.25) is 0 Å². The predicted octanol–water partition coefficient (Wildman–Crippen LogP) is 2.98. The average molecular weight is 403 g/mol. The monoisotopic (exact) mass is 402 g/mol. The molecule has 7 heteroatoms. The zero-order valence-electron chi connectivity index (χ0n) is 15.1. The van der Waals surface area contributed by atoms with Crippen LogP contribution >= 0.6 is 11.3 Å². The van der Waals surface area contributed by atoms with Gasteiger partial charge < -0.3 is 5.11 Å². The van der Waals surface area contributed by atoms with Gasteiger partial charge in [0.05, 0.1) is 29.5 Å². The van der Waals surface area contributed by atoms with Gasteiger partial charge in [-0.2, -0.15) is 16.4 Å². The Morgan fingerprint density at radius 2 is 2.07 bits per heavy atom. The van der Waals surface area contributed by atoms with E-state index >= 15 is 0 Å². The lowest BCUT2D eigenvalue weighted by molar-refractivity contribution is 0.281. The number of aryl methyl sites for hydroxylation is 1. The maximum absolute atomic E-state index is 12.5. The molecule has 4 rings (SSSR count). The van der Waals surface area contributed by atoms with Gasteiger partial charge in [0.25, 0.3) is 0 Å². The fourth-order valence-corrected chi connectivity index (χ4v) is 6.48. The first-order chi connectivity index (χ1) is 12.9. The molecule has 0 amide bonds. The van der Waals surface area contributed by atoms with Crippen LogP contribution in [-0.2, 0) is 35.8 Å². The molecule has 0 fully saturated rings. The van der Waals surface area contributed by atoms with Gasteiger partial charge in [0.1, 0.15) is 0 Å². The molecule has 0 spiro atoms. The number of aromatic nitrogens is 2. The number of rotatable bonds is 6. The molecule has 0 saturated heterocycles. The maximum atomic E-state index is 12.5. The molecular weight excluding hydrogens is 380 g/mol. The zero-order chi connectivity index (χ0) is 19.0. The van der Waals surface area contributed by atoms with Gasteiger partial charge in [0.15, 0.2) is 9.84 Å². The summed E-state index contributed by atoms with van der Waals surface area (Å²) in [7, 11) is -3.21. The fourth-order valence-electron chi connectivity index (χ4n) is 3.80. The summed E-state index contributed by atoms with van der Waals surface area (Å²) in [6, 6.07) is 8.06. The number of sulfone groups is 1. The van der Waals surface area contributed by atoms with Crippen molar-refractivity contribution in [3.05, 3.63) is 69.2 Å². The van der Waals surface area contributed by atoms with E-state index in [0.29, 0.717) is 11.4 Å². The van der Waals surface area contributed by atoms with Crippen molar-refractivity contribution in [1.29, 1.82) is 0 Å². The minimum atomic E-state index is -3.21. The molecule has 5 nitrogen and oxygen atoms in total. The van der Waals surface area contributed by atoms with E-state index < -0.39 is 9.84 Å². The Balaban J connectivity index is 1.47. The third kappa shape index (κ3) is 3.85. The molecule has 1 atom stereocenters. The van der Waals surface area contributed by atoms with E-state index in [1.807, 2.05) is 23.2 Å². The lowest BCUT2D eigenvalue weighted by Crippen LogP contribution is -2.16. The second kappa shape index (κ2) is 7.22. The highest BCUT2D eigenvalue weighted by atomic mass is 32.2. The van der Waals surface area contributed by atoms with Gasteiger partial charge in [-0.1, -0.05) is 18.2 Å². The van der Waals surface area contributed by atoms with Crippen LogP contribution in [0.15, 0.2) is 46.1 Å². The second-order valence-electron chi connectivity index (χ2n) is 7.21. The Morgan fingerprint density at radius 1 is 1.26 bits per heavy atom. The Labute approximate surface area is 163 Å². The summed E-state index contributed by atoms with van der Waals surface area (Å²) >= 11 is 1.42. The van der Waals surface area contributed by atoms with Crippen molar-refractivity contribution in [3.8, 4) is 0 Å². The van der Waals surface area contributed by atoms with Crippen LogP contribution in [0, 0.1) is 12.8 Å². The van der Waals surface area contributed by atoms with Crippen LogP contribution < -0.4 is 0 Å². The Hall–Kier alpha value is -1.96. The Morgan fingerprint density at radius 3 is 2.78 bits per heavy atom. The summed E-state index contributed by atoms with van der Waals surface area (Å²) in [5, 5.41) is 17.3. The molecule has 1 aliphatic carbocycles. The maximum Gasteiger partial charge on any atom is 0.179 e. The third-order valence-electron chi connectivity index (χ3n) is 5.16. The summed E-state index contributed by atoms with van der Waals surface area (Å²) in [4.78, 5) is 0.442. The van der Waals surface area contributed by atoms with Crippen LogP contribution in [0.3, 0.4) is 0 Å². The van der Waals surface area contributed by atoms with E-state index in [1.165, 1.54) is 22.5 Å². The number of aliphatic hydroxyl groups is 1. The lowest BCUT2D eigenvalue weighted by Gasteiger charge is -2.08. The minimum absolute atomic E-state index is 0.00367. The standard InChI is InChI=1S/C20H22N2O3S2/c1-14-19(11-23)10-22(21-14)9-15-2-3-17-7-16(8-18(17)6-15)13-27(24,25)20-4-5-26-12-20/h2-6,10,12,16,23H,7-9,11,13H2,1H3/t16-/m0/s1. The van der Waals surface area contributed by atoms with Crippen molar-refractivity contribution in [3.63, 3.8) is 0 Å². The summed E-state index contributed by atoms with van der Waals surface area (Å²) in [5.41, 5.74) is 5.32. The summed E-state index contributed by atoms with van der Waals surface area (Å²) in [6.07, 6.45) is 3.49. The van der Waals surface area contributed by atoms with E-state index in [-0.39, 0.29) is 18.3 Å². The van der Waals surface area contributed by atoms with Crippen LogP contribution in [-0.4, -0.2) is 29.1 Å². The number of fused-ring (bicyclic) bond motifs is 1. The number of aliphatic hydroxyl groups excluding tert-OH is 1. The topological polar surface area (TPSA) is 72.2 Å². The van der Waals surface area contributed by atoms with Gasteiger partial charge in [-0.15, -0.1) is 0 Å². The number of benzene rings is 1. The Bertz CT molecular complexity index is 1050. The number of hydrogen-bond donors (Lipinski definition) is 1. The molecule has 1 aliphatic rings. The highest BCUT2D eigenvalue weighted by molar-refractivity contribution is 7.91. The molecule has 1 N–H and O–H groups in total. The molecule has 0 aliphatic heterocycles. The van der Waals surface area contributed by atoms with Crippen molar-refractivity contribution in [2.45, 2.75) is 37.8 Å². The van der Waals surface area contributed by atoms with Gasteiger partial charge in [-0.25, -0.2) is 8.42 Å². The predicted molar refractivity (Wildman–Crippen MR) is 106 cm³/mol. The molecule has 2 heterocycles. The summed E-state index contributed by atoms with van der Waals surface area (Å²) in [5.74, 6) is 0.333. The average Bonchev–Trinajstić information content (AvgIpc) is 3.33. The van der Waals surface area contributed by atoms with E-state index in [1.54, 1.807) is 11.4 Å². The first kappa shape index (κ1) is 18.4. The van der Waals surface area contributed by atoms with Crippen molar-refractivity contribution in [2.75, 3.05) is 5.75 Å². The highest BCUT2D eigenvalue weighted by Crippen LogP contribution is 2.30. The number of hydrogen-bond acceptors (Lipinski definition) is 5. The van der Waals surface area contributed by atoms with E-state index in [0.717, 1.165) is 29.7 Å². The van der Waals surface area contributed by atoms with Crippen LogP contribution in [0.5, 0.6) is 0 Å². The van der Waals surface area contributed by atoms with Crippen LogP contribution in [0.4, 0.5) is 0 Å². The molecular formula is C20H22N2O3S2. The molecule has 0 saturated carbocycles. The SMILES string of the molecule is Cc1nn(Cc2ccc3c(c2)C[C@@H](CS(=O)(=O)c2ccsc2)C3)cc1CO. The van der Waals surface area contributed by atoms with E-state index in [9.17, 15) is 13.5 Å². The van der Waals surface area contributed by atoms with Crippen molar-refractivity contribution < 1.29 is 13.5 Å². The smallest absolute Gasteiger partial charge is 0.179 e. The highest BCUT2D eigenvalue weighted by Gasteiger charge is 2.27. The minimum Gasteiger partial charge on any atom is -0.392 e. The van der Waals surface area contributed by atoms with Gasteiger partial charge >= 0.3 is 0 Å². The molecule has 0 radical (unpaired) electrons. The van der Waals surface area contributed by atoms with Crippen molar-refractivity contribution in [2.24, 2.45) is 5.92 Å². The molecule has 0 bridgehead atoms. The van der Waals surface area contributed by atoms with Gasteiger partial charge in [0.2, 0.25) is 0 Å². The quantitative estimate of drug-likeness (QED) is 0.688. The van der Waals surface area contributed by atoms with E-state index in [2.05, 4.69) is 23.3 Å². The lowest BCUT2D eigenvalue weighted by atomic mass is 10.1. The summed E-state index contributed by atoms with van der Waals surface area (Å²) < 4.78 is 26.9. The largest absolute Gasteiger partial charge is 0.392 e. The normalized spacial score (nSPS) is 16.6. The number of thiophene rings is 1. The number of nitrogens with zero attached hydrogens (tertiary/aromatic N) is 2. The molecule has 1 aromatic carbocycles. The zero-order valence-corrected chi connectivity index (χ0v) is 16.8. The molecule has 27 heavy (non-hydrogen) atoms. The molecule has 142 valence electrons. The van der Waals surface area contributed by atoms with Crippen molar-refractivity contribution >= 4 is 21.2 Å². The van der Waals surface area contributed by atoms with Crippen LogP contribution in [0.25, 0.3) is 0 Å². The molecule has 0 unspecified atom stereocenters. The van der Waals surface area contributed by atoms with Gasteiger partial charge in [0, 0.05) is 17.1 Å². The summed E-state index contributed by atoms with van der Waals surface area (Å²) in [6.45, 7) is 2.53. The van der Waals surface area contributed by atoms with E-state index in [4.69, 9.17) is 0 Å². The molecule has 3 aromatic rings. The first-order valence-electron chi connectivity index (χ1n) is 8.94. The third-order valence-corrected chi connectivity index (χ3v) is 7.87. The first-order valence-corrected chi connectivity index (χ1v) is 11.5. The Kier molecular flexibility index (Phi) is 4.92. The molecule has 2 aromatic heterocycles.